The van der Waals surface area contributed by atoms with Crippen molar-refractivity contribution in [3.63, 3.8) is 0 Å². The van der Waals surface area contributed by atoms with Crippen LogP contribution in [0.1, 0.15) is 22.5 Å². The van der Waals surface area contributed by atoms with E-state index in [1.165, 1.54) is 36.5 Å². The van der Waals surface area contributed by atoms with Crippen molar-refractivity contribution in [1.82, 2.24) is 15.2 Å². The number of carboxylic acid groups (broad SMARTS) is 1. The number of halogens is 3. The Bertz CT molecular complexity index is 999. The zero-order valence-electron chi connectivity index (χ0n) is 15.1. The standard InChI is InChI=1S/C20H17F3N4O2/c21-13(11-18-16(23)2-1-8-24-18)7-9-25-19-6-5-17(26-27-19)14-10-12(20(28)29)3-4-15(14)22/h1-6,8,10,13H,7,9,11H2,(H,25,27)(H,28,29)/t13-/m0/s1. The molecule has 0 fully saturated rings. The van der Waals surface area contributed by atoms with Crippen LogP contribution in [0.15, 0.2) is 48.7 Å². The zero-order valence-corrected chi connectivity index (χ0v) is 15.1. The van der Waals surface area contributed by atoms with Gasteiger partial charge in [0.25, 0.3) is 0 Å². The Hall–Kier alpha value is -3.49. The van der Waals surface area contributed by atoms with Crippen LogP contribution in [0.5, 0.6) is 0 Å². The van der Waals surface area contributed by atoms with E-state index < -0.39 is 23.8 Å². The molecule has 0 unspecified atom stereocenters. The Balaban J connectivity index is 1.57. The van der Waals surface area contributed by atoms with Crippen LogP contribution in [0.3, 0.4) is 0 Å². The van der Waals surface area contributed by atoms with Crippen molar-refractivity contribution in [1.29, 1.82) is 0 Å². The molecule has 150 valence electrons. The quantitative estimate of drug-likeness (QED) is 0.594. The van der Waals surface area contributed by atoms with Crippen molar-refractivity contribution in [3.05, 3.63) is 71.6 Å². The first-order valence-electron chi connectivity index (χ1n) is 8.78. The van der Waals surface area contributed by atoms with Gasteiger partial charge in [-0.15, -0.1) is 10.2 Å². The first kappa shape index (κ1) is 20.2. The summed E-state index contributed by atoms with van der Waals surface area (Å²) in [5.41, 5.74) is 0.203. The topological polar surface area (TPSA) is 88.0 Å². The summed E-state index contributed by atoms with van der Waals surface area (Å²) >= 11 is 0. The van der Waals surface area contributed by atoms with E-state index in [-0.39, 0.29) is 41.9 Å². The van der Waals surface area contributed by atoms with Crippen molar-refractivity contribution in [2.24, 2.45) is 0 Å². The first-order valence-corrected chi connectivity index (χ1v) is 8.78. The molecule has 0 radical (unpaired) electrons. The van der Waals surface area contributed by atoms with Crippen LogP contribution in [0, 0.1) is 11.6 Å². The third-order valence-corrected chi connectivity index (χ3v) is 4.17. The molecule has 3 aromatic rings. The summed E-state index contributed by atoms with van der Waals surface area (Å²) in [6.07, 6.45) is 0.106. The van der Waals surface area contributed by atoms with Gasteiger partial charge in [-0.3, -0.25) is 4.98 Å². The number of alkyl halides is 1. The normalized spacial score (nSPS) is 11.8. The Morgan fingerprint density at radius 3 is 2.62 bits per heavy atom. The number of anilines is 1. The second-order valence-electron chi connectivity index (χ2n) is 6.25. The summed E-state index contributed by atoms with van der Waals surface area (Å²) in [5.74, 6) is -1.99. The molecule has 2 aromatic heterocycles. The highest BCUT2D eigenvalue weighted by molar-refractivity contribution is 5.89. The summed E-state index contributed by atoms with van der Waals surface area (Å²) in [7, 11) is 0. The molecular weight excluding hydrogens is 385 g/mol. The van der Waals surface area contributed by atoms with Crippen LogP contribution in [-0.2, 0) is 6.42 Å². The molecule has 0 aliphatic carbocycles. The molecule has 2 N–H and O–H groups in total. The van der Waals surface area contributed by atoms with Gasteiger partial charge in [-0.25, -0.2) is 18.0 Å². The predicted octanol–water partition coefficient (Wildman–Crippen LogP) is 3.90. The maximum absolute atomic E-state index is 14.0. The molecule has 0 aliphatic heterocycles. The van der Waals surface area contributed by atoms with Crippen molar-refractivity contribution >= 4 is 11.8 Å². The number of pyridine rings is 1. The lowest BCUT2D eigenvalue weighted by Crippen LogP contribution is -2.14. The minimum atomic E-state index is -1.29. The van der Waals surface area contributed by atoms with Crippen LogP contribution in [0.25, 0.3) is 11.3 Å². The van der Waals surface area contributed by atoms with E-state index in [4.69, 9.17) is 5.11 Å². The van der Waals surface area contributed by atoms with E-state index in [0.29, 0.717) is 5.82 Å². The Morgan fingerprint density at radius 2 is 1.93 bits per heavy atom. The molecule has 2 heterocycles. The van der Waals surface area contributed by atoms with Crippen LogP contribution in [0.4, 0.5) is 19.0 Å². The molecule has 9 heteroatoms. The average molecular weight is 402 g/mol. The Morgan fingerprint density at radius 1 is 1.10 bits per heavy atom. The van der Waals surface area contributed by atoms with Crippen molar-refractivity contribution < 1.29 is 23.1 Å². The number of nitrogens with zero attached hydrogens (tertiary/aromatic N) is 3. The largest absolute Gasteiger partial charge is 0.478 e. The lowest BCUT2D eigenvalue weighted by atomic mass is 10.1. The summed E-state index contributed by atoms with van der Waals surface area (Å²) in [6.45, 7) is 0.229. The fourth-order valence-corrected chi connectivity index (χ4v) is 2.66. The highest BCUT2D eigenvalue weighted by Gasteiger charge is 2.13. The number of rotatable bonds is 8. The third-order valence-electron chi connectivity index (χ3n) is 4.17. The van der Waals surface area contributed by atoms with Crippen LogP contribution >= 0.6 is 0 Å². The van der Waals surface area contributed by atoms with Crippen molar-refractivity contribution in [2.45, 2.75) is 19.0 Å². The van der Waals surface area contributed by atoms with Crippen LogP contribution in [-0.4, -0.2) is 39.0 Å². The number of carboxylic acids is 1. The molecule has 0 bridgehead atoms. The molecule has 0 saturated carbocycles. The van der Waals surface area contributed by atoms with E-state index >= 15 is 0 Å². The van der Waals surface area contributed by atoms with E-state index in [1.54, 1.807) is 0 Å². The average Bonchev–Trinajstić information content (AvgIpc) is 2.70. The SMILES string of the molecule is O=C(O)c1ccc(F)c(-c2ccc(NCC[C@H](F)Cc3ncccc3F)nn2)c1. The van der Waals surface area contributed by atoms with E-state index in [1.807, 2.05) is 0 Å². The second-order valence-corrected chi connectivity index (χ2v) is 6.25. The smallest absolute Gasteiger partial charge is 0.335 e. The number of hydrogen-bond acceptors (Lipinski definition) is 5. The van der Waals surface area contributed by atoms with Crippen molar-refractivity contribution in [3.8, 4) is 11.3 Å². The maximum Gasteiger partial charge on any atom is 0.335 e. The number of nitrogens with one attached hydrogen (secondary N) is 1. The van der Waals surface area contributed by atoms with E-state index in [9.17, 15) is 18.0 Å². The molecule has 0 spiro atoms. The lowest BCUT2D eigenvalue weighted by Gasteiger charge is -2.10. The van der Waals surface area contributed by atoms with Gasteiger partial charge in [-0.2, -0.15) is 0 Å². The molecule has 0 amide bonds. The fraction of sp³-hybridized carbons (Fsp3) is 0.200. The van der Waals surface area contributed by atoms with Gasteiger partial charge in [0.05, 0.1) is 17.0 Å². The third kappa shape index (κ3) is 5.28. The molecule has 0 saturated heterocycles. The first-order chi connectivity index (χ1) is 13.9. The summed E-state index contributed by atoms with van der Waals surface area (Å²) in [4.78, 5) is 14.9. The predicted molar refractivity (Wildman–Crippen MR) is 100 cm³/mol. The number of carbonyl (C=O) groups is 1. The monoisotopic (exact) mass is 402 g/mol. The zero-order chi connectivity index (χ0) is 20.8. The molecule has 1 atom stereocenters. The van der Waals surface area contributed by atoms with Gasteiger partial charge in [0.2, 0.25) is 0 Å². The van der Waals surface area contributed by atoms with Gasteiger partial charge in [0.1, 0.15) is 23.6 Å². The minimum Gasteiger partial charge on any atom is -0.478 e. The van der Waals surface area contributed by atoms with E-state index in [2.05, 4.69) is 20.5 Å². The molecule has 6 nitrogen and oxygen atoms in total. The Labute approximate surface area is 164 Å². The molecule has 3 rings (SSSR count). The number of aromatic nitrogens is 3. The van der Waals surface area contributed by atoms with Gasteiger partial charge in [-0.1, -0.05) is 0 Å². The van der Waals surface area contributed by atoms with Gasteiger partial charge in [-0.05, 0) is 48.9 Å². The minimum absolute atomic E-state index is 0.0187. The van der Waals surface area contributed by atoms with Gasteiger partial charge in [0, 0.05) is 24.7 Å². The van der Waals surface area contributed by atoms with E-state index in [0.717, 1.165) is 12.1 Å². The number of benzene rings is 1. The van der Waals surface area contributed by atoms with Crippen LogP contribution < -0.4 is 5.32 Å². The van der Waals surface area contributed by atoms with Crippen LogP contribution in [0.2, 0.25) is 0 Å². The summed E-state index contributed by atoms with van der Waals surface area (Å²) < 4.78 is 41.5. The molecule has 29 heavy (non-hydrogen) atoms. The molecular formula is C20H17F3N4O2. The second kappa shape index (κ2) is 9.13. The van der Waals surface area contributed by atoms with Gasteiger partial charge >= 0.3 is 5.97 Å². The van der Waals surface area contributed by atoms with Gasteiger partial charge in [0.15, 0.2) is 0 Å². The summed E-state index contributed by atoms with van der Waals surface area (Å²) in [6, 6.07) is 9.09. The molecule has 0 aliphatic rings. The number of aromatic carboxylic acids is 1. The summed E-state index contributed by atoms with van der Waals surface area (Å²) in [5, 5.41) is 19.7. The fourth-order valence-electron chi connectivity index (χ4n) is 2.66. The highest BCUT2D eigenvalue weighted by atomic mass is 19.1. The Kier molecular flexibility index (Phi) is 6.38. The number of hydrogen-bond donors (Lipinski definition) is 2. The maximum atomic E-state index is 14.0. The highest BCUT2D eigenvalue weighted by Crippen LogP contribution is 2.22. The van der Waals surface area contributed by atoms with Crippen molar-refractivity contribution in [2.75, 3.05) is 11.9 Å². The molecule has 1 aromatic carbocycles. The lowest BCUT2D eigenvalue weighted by molar-refractivity contribution is 0.0697. The van der Waals surface area contributed by atoms with Gasteiger partial charge < -0.3 is 10.4 Å².